The van der Waals surface area contributed by atoms with E-state index in [1.807, 2.05) is 57.4 Å². The van der Waals surface area contributed by atoms with Gasteiger partial charge in [0.1, 0.15) is 11.4 Å². The number of hydrogen-bond donors (Lipinski definition) is 1. The van der Waals surface area contributed by atoms with E-state index in [1.165, 1.54) is 6.08 Å². The summed E-state index contributed by atoms with van der Waals surface area (Å²) >= 11 is 3.62. The van der Waals surface area contributed by atoms with Crippen molar-refractivity contribution in [3.05, 3.63) is 89.6 Å². The topological polar surface area (TPSA) is 70.3 Å². The first-order valence-electron chi connectivity index (χ1n) is 15.5. The molecule has 5 aromatic rings. The maximum Gasteiger partial charge on any atom is 0.355 e. The van der Waals surface area contributed by atoms with Crippen molar-refractivity contribution in [1.82, 2.24) is 19.7 Å². The first kappa shape index (κ1) is 35.2. The molecule has 0 fully saturated rings. The zero-order chi connectivity index (χ0) is 31.8. The number of esters is 1. The number of benzene rings is 3. The Morgan fingerprint density at radius 2 is 1.80 bits per heavy atom. The van der Waals surface area contributed by atoms with Gasteiger partial charge in [-0.2, -0.15) is 5.10 Å². The molecule has 0 aliphatic rings. The highest BCUT2D eigenvalue weighted by Gasteiger charge is 2.27. The van der Waals surface area contributed by atoms with Crippen LogP contribution in [0.25, 0.3) is 38.9 Å². The highest BCUT2D eigenvalue weighted by molar-refractivity contribution is 9.08. The summed E-state index contributed by atoms with van der Waals surface area (Å²) in [5, 5.41) is 11.6. The average Bonchev–Trinajstić information content (AvgIpc) is 3.54. The van der Waals surface area contributed by atoms with E-state index in [-0.39, 0.29) is 25.0 Å². The summed E-state index contributed by atoms with van der Waals surface area (Å²) in [6.45, 7) is 4.11. The first-order valence-corrected chi connectivity index (χ1v) is 16.6. The summed E-state index contributed by atoms with van der Waals surface area (Å²) in [7, 11) is 3.80. The summed E-state index contributed by atoms with van der Waals surface area (Å²) in [5.74, 6) is 0.509. The Hall–Kier alpha value is -3.66. The molecule has 0 aliphatic carbocycles. The number of carbonyl (C=O) groups is 1. The van der Waals surface area contributed by atoms with Gasteiger partial charge in [0.2, 0.25) is 0 Å². The second-order valence-electron chi connectivity index (χ2n) is 10.9. The lowest BCUT2D eigenvalue weighted by atomic mass is 9.98. The number of alkyl halides is 1. The molecule has 0 spiro atoms. The van der Waals surface area contributed by atoms with Crippen LogP contribution in [-0.2, 0) is 30.1 Å². The Bertz CT molecular complexity index is 1810. The second-order valence-corrected chi connectivity index (χ2v) is 11.5. The van der Waals surface area contributed by atoms with Crippen LogP contribution in [0, 0.1) is 0 Å². The van der Waals surface area contributed by atoms with E-state index in [0.717, 1.165) is 69.2 Å². The number of nitrogens with zero attached hydrogens (tertiary/aromatic N) is 3. The molecule has 244 valence electrons. The van der Waals surface area contributed by atoms with Crippen molar-refractivity contribution in [2.75, 3.05) is 26.8 Å². The minimum atomic E-state index is -0.339. The van der Waals surface area contributed by atoms with Gasteiger partial charge < -0.3 is 19.4 Å². The molecule has 2 heterocycles. The van der Waals surface area contributed by atoms with Crippen molar-refractivity contribution >= 4 is 62.1 Å². The molecule has 1 N–H and O–H groups in total. The third-order valence-corrected chi connectivity index (χ3v) is 8.63. The fraction of sp³-hybridized carbons (Fsp3) is 0.333. The highest BCUT2D eigenvalue weighted by Crippen LogP contribution is 2.39. The average molecular weight is 712 g/mol. The first-order chi connectivity index (χ1) is 22.0. The molecule has 0 atom stereocenters. The van der Waals surface area contributed by atoms with Gasteiger partial charge in [-0.1, -0.05) is 70.5 Å². The Kier molecular flexibility index (Phi) is 12.8. The number of unbranched alkanes of at least 4 members (excludes halogenated alkanes) is 1. The lowest BCUT2D eigenvalue weighted by molar-refractivity contribution is 0.0512. The van der Waals surface area contributed by atoms with Gasteiger partial charge in [0, 0.05) is 40.8 Å². The normalized spacial score (nSPS) is 11.4. The van der Waals surface area contributed by atoms with Gasteiger partial charge in [0.05, 0.1) is 36.4 Å². The molecule has 0 amide bonds. The summed E-state index contributed by atoms with van der Waals surface area (Å²) in [6.07, 6.45) is 5.05. The number of aryl methyl sites for hydroxylation is 3. The number of carbonyl (C=O) groups excluding carboxylic acids is 1. The number of nitrogens with one attached hydrogen (secondary N) is 1. The van der Waals surface area contributed by atoms with Gasteiger partial charge in [-0.05, 0) is 69.3 Å². The number of fused-ring (bicyclic) bond motifs is 2. The van der Waals surface area contributed by atoms with Gasteiger partial charge in [-0.25, -0.2) is 9.18 Å². The summed E-state index contributed by atoms with van der Waals surface area (Å²) in [4.78, 5) is 13.7. The van der Waals surface area contributed by atoms with Crippen LogP contribution in [0.4, 0.5) is 4.39 Å². The third kappa shape index (κ3) is 7.32. The maximum atomic E-state index is 13.7. The second kappa shape index (κ2) is 16.8. The number of para-hydroxylation sites is 1. The van der Waals surface area contributed by atoms with Crippen molar-refractivity contribution in [3.63, 3.8) is 0 Å². The van der Waals surface area contributed by atoms with Crippen LogP contribution < -0.4 is 10.1 Å². The molecule has 46 heavy (non-hydrogen) atoms. The summed E-state index contributed by atoms with van der Waals surface area (Å²) in [5.41, 5.74) is 5.63. The van der Waals surface area contributed by atoms with Crippen LogP contribution in [0.5, 0.6) is 5.75 Å². The molecule has 2 aromatic heterocycles. The fourth-order valence-corrected chi connectivity index (χ4v) is 6.76. The van der Waals surface area contributed by atoms with Crippen LogP contribution in [0.2, 0.25) is 0 Å². The van der Waals surface area contributed by atoms with E-state index in [2.05, 4.69) is 55.2 Å². The van der Waals surface area contributed by atoms with Gasteiger partial charge in [-0.3, -0.25) is 4.68 Å². The fourth-order valence-electron chi connectivity index (χ4n) is 6.12. The van der Waals surface area contributed by atoms with Crippen molar-refractivity contribution in [1.29, 1.82) is 0 Å². The van der Waals surface area contributed by atoms with E-state index in [1.54, 1.807) is 4.68 Å². The van der Waals surface area contributed by atoms with E-state index < -0.39 is 0 Å². The smallest absolute Gasteiger partial charge is 0.355 e. The number of aromatic nitrogens is 3. The number of hydrogen-bond acceptors (Lipinski definition) is 5. The van der Waals surface area contributed by atoms with Crippen LogP contribution in [-0.4, -0.2) is 47.1 Å². The molecule has 7 nitrogen and oxygen atoms in total. The predicted octanol–water partition coefficient (Wildman–Crippen LogP) is 8.64. The molecule has 0 saturated carbocycles. The summed E-state index contributed by atoms with van der Waals surface area (Å²) < 4.78 is 29.4. The van der Waals surface area contributed by atoms with E-state index in [0.29, 0.717) is 49.0 Å². The molecule has 0 aliphatic heterocycles. The Balaban J connectivity index is 0.00000480. The minimum Gasteiger partial charge on any atom is -0.493 e. The minimum absolute atomic E-state index is 0. The predicted molar refractivity (Wildman–Crippen MR) is 191 cm³/mol. The van der Waals surface area contributed by atoms with Crippen molar-refractivity contribution < 1.29 is 18.7 Å². The van der Waals surface area contributed by atoms with Gasteiger partial charge in [-0.15, -0.1) is 12.4 Å². The number of halogens is 3. The van der Waals surface area contributed by atoms with Crippen LogP contribution in [0.3, 0.4) is 0 Å². The molecule has 0 bridgehead atoms. The number of rotatable bonds is 15. The van der Waals surface area contributed by atoms with Crippen LogP contribution >= 0.6 is 28.3 Å². The van der Waals surface area contributed by atoms with Gasteiger partial charge in [0.25, 0.3) is 0 Å². The number of ether oxygens (including phenoxy) is 2. The molecular weight excluding hydrogens is 671 g/mol. The molecule has 10 heteroatoms. The molecular formula is C36H41BrClFN4O3. The van der Waals surface area contributed by atoms with E-state index in [9.17, 15) is 9.18 Å². The lowest BCUT2D eigenvalue weighted by Gasteiger charge is -2.14. The Morgan fingerprint density at radius 3 is 2.57 bits per heavy atom. The van der Waals surface area contributed by atoms with Crippen molar-refractivity contribution in [2.24, 2.45) is 7.05 Å². The molecule has 5 rings (SSSR count). The highest BCUT2D eigenvalue weighted by atomic mass is 79.9. The lowest BCUT2D eigenvalue weighted by Crippen LogP contribution is -2.16. The molecule has 0 unspecified atom stereocenters. The zero-order valence-electron chi connectivity index (χ0n) is 26.5. The van der Waals surface area contributed by atoms with Crippen molar-refractivity contribution in [3.8, 4) is 16.9 Å². The van der Waals surface area contributed by atoms with Gasteiger partial charge >= 0.3 is 5.97 Å². The standard InChI is InChI=1S/C36H40BrFN4O3.ClH/c1-4-44-36(43)35-28(17-11-23-45-32-18-9-13-25-12-5-6-14-26(25)32)27-15-10-16-29(34(27)42(35)22-8-7-21-39-2)33-30(19-20-38)40-41(3)31(33)24-37;/h5-6,9-10,12-16,18-20,39H,4,7-8,11,17,21-24H2,1-3H3;1H/b20-19+;. The van der Waals surface area contributed by atoms with Gasteiger partial charge in [0.15, 0.2) is 0 Å². The largest absolute Gasteiger partial charge is 0.493 e. The monoisotopic (exact) mass is 710 g/mol. The molecule has 3 aromatic carbocycles. The van der Waals surface area contributed by atoms with Crippen molar-refractivity contribution in [2.45, 2.75) is 44.5 Å². The SMILES string of the molecule is CCOC(=O)c1c(CCCOc2cccc3ccccc23)c2cccc(-c3c(/C=C/F)nn(C)c3CBr)c2n1CCCCNC.Cl. The molecule has 0 saturated heterocycles. The molecule has 0 radical (unpaired) electrons. The maximum absolute atomic E-state index is 13.7. The van der Waals surface area contributed by atoms with Crippen LogP contribution in [0.15, 0.2) is 67.0 Å². The third-order valence-electron chi connectivity index (χ3n) is 8.10. The van der Waals surface area contributed by atoms with E-state index >= 15 is 0 Å². The Labute approximate surface area is 284 Å². The Morgan fingerprint density at radius 1 is 1.04 bits per heavy atom. The quantitative estimate of drug-likeness (QED) is 0.0669. The van der Waals surface area contributed by atoms with E-state index in [4.69, 9.17) is 9.47 Å². The van der Waals surface area contributed by atoms with Crippen LogP contribution in [0.1, 0.15) is 53.6 Å². The zero-order valence-corrected chi connectivity index (χ0v) is 28.9. The summed E-state index contributed by atoms with van der Waals surface area (Å²) in [6, 6.07) is 20.4.